The number of sulfonamides is 1. The lowest BCUT2D eigenvalue weighted by atomic mass is 10.3. The van der Waals surface area contributed by atoms with Gasteiger partial charge in [0.05, 0.1) is 22.9 Å². The maximum Gasteiger partial charge on any atom is 0.243 e. The molecule has 0 saturated heterocycles. The van der Waals surface area contributed by atoms with E-state index in [0.717, 1.165) is 5.01 Å². The average Bonchev–Trinajstić information content (AvgIpc) is 2.76. The van der Waals surface area contributed by atoms with Crippen molar-refractivity contribution >= 4 is 38.6 Å². The van der Waals surface area contributed by atoms with Crippen molar-refractivity contribution in [3.05, 3.63) is 39.3 Å². The van der Waals surface area contributed by atoms with Crippen molar-refractivity contribution in [2.24, 2.45) is 0 Å². The molecule has 19 heavy (non-hydrogen) atoms. The Kier molecular flexibility index (Phi) is 4.10. The summed E-state index contributed by atoms with van der Waals surface area (Å²) in [6, 6.07) is 4.33. The third kappa shape index (κ3) is 3.44. The normalized spacial score (nSPS) is 11.7. The highest BCUT2D eigenvalue weighted by molar-refractivity contribution is 7.89. The average molecular weight is 318 g/mol. The minimum atomic E-state index is -3.70. The van der Waals surface area contributed by atoms with Crippen molar-refractivity contribution in [2.45, 2.75) is 18.4 Å². The van der Waals surface area contributed by atoms with Crippen LogP contribution in [0.2, 0.25) is 5.02 Å². The van der Waals surface area contributed by atoms with E-state index in [-0.39, 0.29) is 17.1 Å². The zero-order chi connectivity index (χ0) is 14.0. The Labute approximate surface area is 120 Å². The first kappa shape index (κ1) is 14.3. The fraction of sp³-hybridized carbons (Fsp3) is 0.182. The maximum atomic E-state index is 12.1. The second kappa shape index (κ2) is 5.46. The molecule has 0 saturated carbocycles. The topological polar surface area (TPSA) is 85.1 Å². The van der Waals surface area contributed by atoms with Crippen LogP contribution < -0.4 is 10.5 Å². The number of nitrogens with one attached hydrogen (secondary N) is 1. The van der Waals surface area contributed by atoms with Crippen LogP contribution in [0.1, 0.15) is 10.7 Å². The molecule has 0 atom stereocenters. The molecule has 0 bridgehead atoms. The molecule has 0 amide bonds. The van der Waals surface area contributed by atoms with Crippen molar-refractivity contribution in [1.82, 2.24) is 9.71 Å². The van der Waals surface area contributed by atoms with Crippen LogP contribution >= 0.6 is 22.9 Å². The second-order valence-electron chi connectivity index (χ2n) is 3.86. The second-order valence-corrected chi connectivity index (χ2v) is 7.10. The Bertz CT molecular complexity index is 698. The SMILES string of the molecule is Cc1nc(CNS(=O)(=O)c2cc(Cl)ccc2N)cs1. The van der Waals surface area contributed by atoms with Crippen LogP contribution in [-0.4, -0.2) is 13.4 Å². The molecule has 0 aliphatic carbocycles. The number of benzene rings is 1. The minimum Gasteiger partial charge on any atom is -0.398 e. The molecule has 0 spiro atoms. The van der Waals surface area contributed by atoms with Crippen LogP contribution in [0.15, 0.2) is 28.5 Å². The van der Waals surface area contributed by atoms with Crippen LogP contribution in [0.4, 0.5) is 5.69 Å². The zero-order valence-electron chi connectivity index (χ0n) is 10.1. The van der Waals surface area contributed by atoms with Gasteiger partial charge in [0.25, 0.3) is 0 Å². The lowest BCUT2D eigenvalue weighted by molar-refractivity contribution is 0.581. The summed E-state index contributed by atoms with van der Waals surface area (Å²) >= 11 is 7.25. The molecule has 0 aliphatic heterocycles. The number of thiazole rings is 1. The maximum absolute atomic E-state index is 12.1. The summed E-state index contributed by atoms with van der Waals surface area (Å²) in [5.41, 5.74) is 6.49. The van der Waals surface area contributed by atoms with E-state index in [1.807, 2.05) is 6.92 Å². The van der Waals surface area contributed by atoms with Crippen molar-refractivity contribution in [3.8, 4) is 0 Å². The summed E-state index contributed by atoms with van der Waals surface area (Å²) < 4.78 is 26.7. The van der Waals surface area contributed by atoms with Gasteiger partial charge in [-0.1, -0.05) is 11.6 Å². The summed E-state index contributed by atoms with van der Waals surface area (Å²) in [5, 5.41) is 3.01. The first-order valence-corrected chi connectivity index (χ1v) is 8.08. The van der Waals surface area contributed by atoms with Crippen molar-refractivity contribution < 1.29 is 8.42 Å². The quantitative estimate of drug-likeness (QED) is 0.846. The minimum absolute atomic E-state index is 0.0213. The number of aromatic nitrogens is 1. The number of nitrogens with two attached hydrogens (primary N) is 1. The molecule has 1 aromatic heterocycles. The van der Waals surface area contributed by atoms with E-state index in [4.69, 9.17) is 17.3 Å². The van der Waals surface area contributed by atoms with Crippen LogP contribution in [0.3, 0.4) is 0 Å². The van der Waals surface area contributed by atoms with Gasteiger partial charge in [-0.15, -0.1) is 11.3 Å². The number of hydrogen-bond acceptors (Lipinski definition) is 5. The smallest absolute Gasteiger partial charge is 0.243 e. The molecular weight excluding hydrogens is 306 g/mol. The highest BCUT2D eigenvalue weighted by Gasteiger charge is 2.18. The van der Waals surface area contributed by atoms with E-state index in [1.165, 1.54) is 23.5 Å². The Hall–Kier alpha value is -1.15. The van der Waals surface area contributed by atoms with E-state index in [1.54, 1.807) is 11.4 Å². The summed E-state index contributed by atoms with van der Waals surface area (Å²) in [5.74, 6) is 0. The Balaban J connectivity index is 2.20. The van der Waals surface area contributed by atoms with E-state index in [2.05, 4.69) is 9.71 Å². The predicted octanol–water partition coefficient (Wildman–Crippen LogP) is 2.17. The number of anilines is 1. The zero-order valence-corrected chi connectivity index (χ0v) is 12.4. The van der Waals surface area contributed by atoms with Crippen molar-refractivity contribution in [2.75, 3.05) is 5.73 Å². The number of halogens is 1. The molecule has 3 N–H and O–H groups in total. The lowest BCUT2D eigenvalue weighted by Gasteiger charge is -2.08. The summed E-state index contributed by atoms with van der Waals surface area (Å²) in [6.07, 6.45) is 0. The van der Waals surface area contributed by atoms with Crippen molar-refractivity contribution in [3.63, 3.8) is 0 Å². The van der Waals surface area contributed by atoms with Gasteiger partial charge in [0.1, 0.15) is 4.90 Å². The van der Waals surface area contributed by atoms with Gasteiger partial charge in [0, 0.05) is 10.4 Å². The molecule has 0 aliphatic rings. The molecule has 102 valence electrons. The van der Waals surface area contributed by atoms with Crippen LogP contribution in [-0.2, 0) is 16.6 Å². The number of aryl methyl sites for hydroxylation is 1. The van der Waals surface area contributed by atoms with Gasteiger partial charge in [0.2, 0.25) is 10.0 Å². The standard InChI is InChI=1S/C11H12ClN3O2S2/c1-7-15-9(6-18-7)5-14-19(16,17)11-4-8(12)2-3-10(11)13/h2-4,6,14H,5,13H2,1H3. The molecule has 2 aromatic rings. The highest BCUT2D eigenvalue weighted by atomic mass is 35.5. The van der Waals surface area contributed by atoms with Gasteiger partial charge in [-0.25, -0.2) is 18.1 Å². The Morgan fingerprint density at radius 2 is 2.21 bits per heavy atom. The molecule has 0 radical (unpaired) electrons. The summed E-state index contributed by atoms with van der Waals surface area (Å²) in [4.78, 5) is 4.16. The van der Waals surface area contributed by atoms with Crippen LogP contribution in [0, 0.1) is 6.92 Å². The predicted molar refractivity (Wildman–Crippen MR) is 76.7 cm³/mol. The molecule has 0 unspecified atom stereocenters. The molecule has 0 fully saturated rings. The number of nitrogens with zero attached hydrogens (tertiary/aromatic N) is 1. The molecule has 2 rings (SSSR count). The van der Waals surface area contributed by atoms with Crippen molar-refractivity contribution in [1.29, 1.82) is 0 Å². The third-order valence-electron chi connectivity index (χ3n) is 2.38. The first-order chi connectivity index (χ1) is 8.88. The Morgan fingerprint density at radius 1 is 1.47 bits per heavy atom. The van der Waals surface area contributed by atoms with Gasteiger partial charge in [-0.05, 0) is 25.1 Å². The van der Waals surface area contributed by atoms with E-state index < -0.39 is 10.0 Å². The lowest BCUT2D eigenvalue weighted by Crippen LogP contribution is -2.24. The van der Waals surface area contributed by atoms with Gasteiger partial charge < -0.3 is 5.73 Å². The molecule has 5 nitrogen and oxygen atoms in total. The number of hydrogen-bond donors (Lipinski definition) is 2. The van der Waals surface area contributed by atoms with E-state index in [9.17, 15) is 8.42 Å². The monoisotopic (exact) mass is 317 g/mol. The van der Waals surface area contributed by atoms with Gasteiger partial charge in [-0.2, -0.15) is 0 Å². The van der Waals surface area contributed by atoms with E-state index in [0.29, 0.717) is 10.7 Å². The molecule has 1 heterocycles. The largest absolute Gasteiger partial charge is 0.398 e. The fourth-order valence-corrected chi connectivity index (χ4v) is 3.48. The highest BCUT2D eigenvalue weighted by Crippen LogP contribution is 2.22. The molecule has 1 aromatic carbocycles. The van der Waals surface area contributed by atoms with Gasteiger partial charge in [0.15, 0.2) is 0 Å². The third-order valence-corrected chi connectivity index (χ3v) is 4.89. The van der Waals surface area contributed by atoms with Gasteiger partial charge in [-0.3, -0.25) is 0 Å². The fourth-order valence-electron chi connectivity index (χ4n) is 1.48. The van der Waals surface area contributed by atoms with E-state index >= 15 is 0 Å². The van der Waals surface area contributed by atoms with Gasteiger partial charge >= 0.3 is 0 Å². The molecule has 8 heteroatoms. The number of nitrogen functional groups attached to an aromatic ring is 1. The number of rotatable bonds is 4. The van der Waals surface area contributed by atoms with Crippen LogP contribution in [0.5, 0.6) is 0 Å². The first-order valence-electron chi connectivity index (χ1n) is 5.34. The van der Waals surface area contributed by atoms with Crippen LogP contribution in [0.25, 0.3) is 0 Å². The summed E-state index contributed by atoms with van der Waals surface area (Å²) in [7, 11) is -3.70. The Morgan fingerprint density at radius 3 is 2.84 bits per heavy atom. The summed E-state index contributed by atoms with van der Waals surface area (Å²) in [6.45, 7) is 1.98. The molecular formula is C11H12ClN3O2S2.